The molecular weight excluding hydrogens is 308 g/mol. The number of fused-ring (bicyclic) bond motifs is 1. The number of hydrazine groups is 1. The molecule has 2 rings (SSSR count). The van der Waals surface area contributed by atoms with E-state index in [4.69, 9.17) is 15.3 Å². The van der Waals surface area contributed by atoms with E-state index in [9.17, 15) is 9.59 Å². The van der Waals surface area contributed by atoms with Gasteiger partial charge in [0.25, 0.3) is 5.91 Å². The number of urea groups is 1. The van der Waals surface area contributed by atoms with Crippen LogP contribution in [0, 0.1) is 0 Å². The molecule has 0 saturated carbocycles. The lowest BCUT2D eigenvalue weighted by atomic mass is 10.2. The molecule has 5 N–H and O–H groups in total. The van der Waals surface area contributed by atoms with Crippen LogP contribution in [0.2, 0.25) is 0 Å². The second-order valence-electron chi connectivity index (χ2n) is 4.51. The van der Waals surface area contributed by atoms with Gasteiger partial charge in [0.1, 0.15) is 6.04 Å². The smallest absolute Gasteiger partial charge is 0.319 e. The lowest BCUT2D eigenvalue weighted by Crippen LogP contribution is -2.50. The summed E-state index contributed by atoms with van der Waals surface area (Å²) in [6, 6.07) is 3.87. The highest BCUT2D eigenvalue weighted by atomic mass is 32.2. The topological polar surface area (TPSA) is 115 Å². The first kappa shape index (κ1) is 16.2. The van der Waals surface area contributed by atoms with Crippen LogP contribution in [0.5, 0.6) is 11.5 Å². The zero-order valence-corrected chi connectivity index (χ0v) is 12.9. The molecule has 1 atom stereocenters. The summed E-state index contributed by atoms with van der Waals surface area (Å²) in [5.41, 5.74) is 2.59. The first-order valence-corrected chi connectivity index (χ1v) is 8.00. The molecule has 0 spiro atoms. The zero-order valence-electron chi connectivity index (χ0n) is 12.0. The molecule has 0 radical (unpaired) electrons. The standard InChI is InChI=1S/C13H18N4O4S/c1-22-5-4-9(12(18)17-14)16-13(19)15-8-2-3-10-11(6-8)21-7-20-10/h2-3,6,9H,4-5,7,14H2,1H3,(H,17,18)(H2,15,16,19). The zero-order chi connectivity index (χ0) is 15.9. The maximum atomic E-state index is 12.0. The van der Waals surface area contributed by atoms with E-state index in [1.807, 2.05) is 11.7 Å². The largest absolute Gasteiger partial charge is 0.454 e. The second kappa shape index (κ2) is 7.76. The molecule has 1 heterocycles. The van der Waals surface area contributed by atoms with Crippen LogP contribution in [0.1, 0.15) is 6.42 Å². The summed E-state index contributed by atoms with van der Waals surface area (Å²) >= 11 is 1.58. The molecule has 0 aliphatic carbocycles. The van der Waals surface area contributed by atoms with Gasteiger partial charge in [-0.25, -0.2) is 10.6 Å². The fourth-order valence-corrected chi connectivity index (χ4v) is 2.38. The Morgan fingerprint density at radius 1 is 1.36 bits per heavy atom. The van der Waals surface area contributed by atoms with Gasteiger partial charge in [-0.05, 0) is 30.6 Å². The molecule has 1 aromatic rings. The molecule has 1 aromatic carbocycles. The summed E-state index contributed by atoms with van der Waals surface area (Å²) in [6.07, 6.45) is 2.41. The molecule has 9 heteroatoms. The van der Waals surface area contributed by atoms with E-state index in [0.29, 0.717) is 23.6 Å². The normalized spacial score (nSPS) is 13.4. The third-order valence-corrected chi connectivity index (χ3v) is 3.65. The van der Waals surface area contributed by atoms with E-state index in [-0.39, 0.29) is 6.79 Å². The molecule has 0 saturated heterocycles. The minimum atomic E-state index is -0.688. The quantitative estimate of drug-likeness (QED) is 0.347. The molecule has 1 unspecified atom stereocenters. The number of anilines is 1. The van der Waals surface area contributed by atoms with Gasteiger partial charge in [0, 0.05) is 11.8 Å². The third kappa shape index (κ3) is 4.18. The van der Waals surface area contributed by atoms with Crippen molar-refractivity contribution in [1.82, 2.24) is 10.7 Å². The number of nitrogens with one attached hydrogen (secondary N) is 3. The van der Waals surface area contributed by atoms with E-state index in [0.717, 1.165) is 5.75 Å². The molecular formula is C13H18N4O4S. The summed E-state index contributed by atoms with van der Waals surface area (Å²) < 4.78 is 10.4. The minimum Gasteiger partial charge on any atom is -0.454 e. The van der Waals surface area contributed by atoms with Crippen LogP contribution in [0.15, 0.2) is 18.2 Å². The van der Waals surface area contributed by atoms with Crippen LogP contribution >= 0.6 is 11.8 Å². The van der Waals surface area contributed by atoms with Gasteiger partial charge in [-0.3, -0.25) is 10.2 Å². The molecule has 1 aliphatic rings. The third-order valence-electron chi connectivity index (χ3n) is 3.01. The number of carbonyl (C=O) groups excluding carboxylic acids is 2. The Kier molecular flexibility index (Phi) is 5.73. The fourth-order valence-electron chi connectivity index (χ4n) is 1.90. The Bertz CT molecular complexity index is 555. The van der Waals surface area contributed by atoms with Crippen molar-refractivity contribution in [3.05, 3.63) is 18.2 Å². The molecule has 120 valence electrons. The summed E-state index contributed by atoms with van der Waals surface area (Å²) in [5, 5.41) is 5.24. The average Bonchev–Trinajstić information content (AvgIpc) is 2.98. The number of hydrogen-bond donors (Lipinski definition) is 4. The number of hydrogen-bond acceptors (Lipinski definition) is 6. The van der Waals surface area contributed by atoms with Gasteiger partial charge < -0.3 is 20.1 Å². The Hall–Kier alpha value is -2.13. The number of rotatable bonds is 6. The van der Waals surface area contributed by atoms with E-state index in [1.165, 1.54) is 0 Å². The van der Waals surface area contributed by atoms with Crippen molar-refractivity contribution in [2.45, 2.75) is 12.5 Å². The van der Waals surface area contributed by atoms with Crippen molar-refractivity contribution in [2.24, 2.45) is 5.84 Å². The van der Waals surface area contributed by atoms with Crippen molar-refractivity contribution in [3.8, 4) is 11.5 Å². The van der Waals surface area contributed by atoms with Gasteiger partial charge in [0.05, 0.1) is 0 Å². The van der Waals surface area contributed by atoms with Crippen molar-refractivity contribution < 1.29 is 19.1 Å². The fraction of sp³-hybridized carbons (Fsp3) is 0.385. The van der Waals surface area contributed by atoms with Crippen molar-refractivity contribution >= 4 is 29.4 Å². The molecule has 0 aromatic heterocycles. The molecule has 8 nitrogen and oxygen atoms in total. The van der Waals surface area contributed by atoms with E-state index in [1.54, 1.807) is 30.0 Å². The van der Waals surface area contributed by atoms with Crippen LogP contribution in [-0.4, -0.2) is 36.8 Å². The van der Waals surface area contributed by atoms with Gasteiger partial charge in [-0.1, -0.05) is 0 Å². The van der Waals surface area contributed by atoms with Crippen LogP contribution < -0.4 is 31.4 Å². The van der Waals surface area contributed by atoms with Crippen LogP contribution in [-0.2, 0) is 4.79 Å². The molecule has 3 amide bonds. The molecule has 0 bridgehead atoms. The maximum Gasteiger partial charge on any atom is 0.319 e. The van der Waals surface area contributed by atoms with Gasteiger partial charge in [0.15, 0.2) is 11.5 Å². The number of benzene rings is 1. The second-order valence-corrected chi connectivity index (χ2v) is 5.49. The monoisotopic (exact) mass is 326 g/mol. The van der Waals surface area contributed by atoms with Gasteiger partial charge in [-0.2, -0.15) is 11.8 Å². The molecule has 0 fully saturated rings. The van der Waals surface area contributed by atoms with E-state index in [2.05, 4.69) is 10.6 Å². The van der Waals surface area contributed by atoms with E-state index < -0.39 is 18.0 Å². The summed E-state index contributed by atoms with van der Waals surface area (Å²) in [5.74, 6) is 6.61. The maximum absolute atomic E-state index is 12.0. The first-order valence-electron chi connectivity index (χ1n) is 6.60. The molecule has 22 heavy (non-hydrogen) atoms. The Morgan fingerprint density at radius 3 is 2.86 bits per heavy atom. The SMILES string of the molecule is CSCCC(NC(=O)Nc1ccc2c(c1)OCO2)C(=O)NN. The van der Waals surface area contributed by atoms with Gasteiger partial charge in [-0.15, -0.1) is 0 Å². The average molecular weight is 326 g/mol. The number of amides is 3. The predicted octanol–water partition coefficient (Wildman–Crippen LogP) is 0.648. The van der Waals surface area contributed by atoms with Gasteiger partial charge in [0.2, 0.25) is 6.79 Å². The van der Waals surface area contributed by atoms with Crippen LogP contribution in [0.3, 0.4) is 0 Å². The van der Waals surface area contributed by atoms with Crippen LogP contribution in [0.25, 0.3) is 0 Å². The predicted molar refractivity (Wildman–Crippen MR) is 83.8 cm³/mol. The number of nitrogens with two attached hydrogens (primary N) is 1. The summed E-state index contributed by atoms with van der Waals surface area (Å²) in [4.78, 5) is 23.6. The highest BCUT2D eigenvalue weighted by Gasteiger charge is 2.20. The molecule has 1 aliphatic heterocycles. The van der Waals surface area contributed by atoms with Crippen molar-refractivity contribution in [1.29, 1.82) is 0 Å². The minimum absolute atomic E-state index is 0.165. The summed E-state index contributed by atoms with van der Waals surface area (Å²) in [6.45, 7) is 0.165. The van der Waals surface area contributed by atoms with Gasteiger partial charge >= 0.3 is 6.03 Å². The highest BCUT2D eigenvalue weighted by molar-refractivity contribution is 7.98. The lowest BCUT2D eigenvalue weighted by Gasteiger charge is -2.17. The van der Waals surface area contributed by atoms with Crippen molar-refractivity contribution in [3.63, 3.8) is 0 Å². The lowest BCUT2D eigenvalue weighted by molar-refractivity contribution is -0.123. The highest BCUT2D eigenvalue weighted by Crippen LogP contribution is 2.34. The van der Waals surface area contributed by atoms with Crippen LogP contribution in [0.4, 0.5) is 10.5 Å². The number of ether oxygens (including phenoxy) is 2. The Balaban J connectivity index is 1.94. The summed E-state index contributed by atoms with van der Waals surface area (Å²) in [7, 11) is 0. The number of carbonyl (C=O) groups is 2. The van der Waals surface area contributed by atoms with Crippen molar-refractivity contribution in [2.75, 3.05) is 24.1 Å². The first-order chi connectivity index (χ1) is 10.6. The Morgan fingerprint density at radius 2 is 2.14 bits per heavy atom. The number of thioether (sulfide) groups is 1. The Labute approximate surface area is 132 Å². The van der Waals surface area contributed by atoms with E-state index >= 15 is 0 Å².